The van der Waals surface area contributed by atoms with E-state index in [2.05, 4.69) is 113 Å². The van der Waals surface area contributed by atoms with Crippen LogP contribution in [0.25, 0.3) is 22.3 Å². The first-order chi connectivity index (χ1) is 15.1. The Labute approximate surface area is 189 Å². The molecule has 0 atom stereocenters. The van der Waals surface area contributed by atoms with Crippen LogP contribution in [-0.4, -0.2) is 0 Å². The van der Waals surface area contributed by atoms with Gasteiger partial charge in [0.05, 0.1) is 0 Å². The van der Waals surface area contributed by atoms with Gasteiger partial charge in [0, 0.05) is 12.8 Å². The van der Waals surface area contributed by atoms with Crippen LogP contribution in [0, 0.1) is 32.6 Å². The normalized spacial score (nSPS) is 17.2. The van der Waals surface area contributed by atoms with E-state index >= 15 is 0 Å². The first kappa shape index (κ1) is 22.6. The maximum absolute atomic E-state index is 3.40. The second-order valence-electron chi connectivity index (χ2n) is 8.09. The zero-order valence-electron chi connectivity index (χ0n) is 19.7. The quantitative estimate of drug-likeness (QED) is 0.264. The largest absolute Gasteiger partial charge is 0.0988 e. The highest BCUT2D eigenvalue weighted by molar-refractivity contribution is 5.90. The van der Waals surface area contributed by atoms with Crippen molar-refractivity contribution < 1.29 is 0 Å². The second-order valence-corrected chi connectivity index (χ2v) is 8.09. The van der Waals surface area contributed by atoms with Gasteiger partial charge in [-0.1, -0.05) is 85.6 Å². The lowest BCUT2D eigenvalue weighted by Gasteiger charge is -2.24. The molecule has 2 aromatic rings. The molecule has 1 aliphatic rings. The summed E-state index contributed by atoms with van der Waals surface area (Å²) >= 11 is 0. The van der Waals surface area contributed by atoms with E-state index in [0.717, 1.165) is 25.7 Å². The Kier molecular flexibility index (Phi) is 7.91. The Bertz CT molecular complexity index is 1110. The van der Waals surface area contributed by atoms with Crippen LogP contribution >= 0.6 is 0 Å². The van der Waals surface area contributed by atoms with Crippen LogP contribution in [0.4, 0.5) is 0 Å². The summed E-state index contributed by atoms with van der Waals surface area (Å²) in [6.45, 7) is 11.2. The number of hydrogen-bond donors (Lipinski definition) is 0. The summed E-state index contributed by atoms with van der Waals surface area (Å²) in [6, 6.07) is 10.8. The van der Waals surface area contributed by atoms with Gasteiger partial charge in [-0.2, -0.15) is 0 Å². The van der Waals surface area contributed by atoms with Crippen molar-refractivity contribution in [3.8, 4) is 23.0 Å². The molecule has 0 fully saturated rings. The van der Waals surface area contributed by atoms with Crippen LogP contribution in [0.3, 0.4) is 0 Å². The smallest absolute Gasteiger partial charge is 0.0343 e. The van der Waals surface area contributed by atoms with Crippen molar-refractivity contribution in [1.82, 2.24) is 0 Å². The molecular formula is C31H34. The summed E-state index contributed by atoms with van der Waals surface area (Å²) < 4.78 is 0. The van der Waals surface area contributed by atoms with E-state index in [1.165, 1.54) is 50.1 Å². The summed E-state index contributed by atoms with van der Waals surface area (Å²) in [5.74, 6) is 6.70. The predicted octanol–water partition coefficient (Wildman–Crippen LogP) is 8.78. The van der Waals surface area contributed by atoms with Gasteiger partial charge >= 0.3 is 0 Å². The van der Waals surface area contributed by atoms with Crippen LogP contribution in [0.2, 0.25) is 0 Å². The third kappa shape index (κ3) is 5.00. The zero-order chi connectivity index (χ0) is 22.2. The molecule has 1 aliphatic carbocycles. The lowest BCUT2D eigenvalue weighted by Crippen LogP contribution is -2.05. The SMILES string of the molecule is C/C=C(\C=C/CC)c1c(C)c(/C2=C/C/C=C\CC#CC2)c(C)c(-c2ccccc2)c1C. The minimum absolute atomic E-state index is 0.802. The molecule has 0 spiro atoms. The maximum atomic E-state index is 3.40. The van der Waals surface area contributed by atoms with Gasteiger partial charge in [0.25, 0.3) is 0 Å². The summed E-state index contributed by atoms with van der Waals surface area (Å²) in [6.07, 6.45) is 17.2. The predicted molar refractivity (Wildman–Crippen MR) is 138 cm³/mol. The lowest BCUT2D eigenvalue weighted by atomic mass is 9.79. The standard InChI is InChI=1S/C31H34/c1-6-8-18-26(7-2)29-23(3)30(27-19-14-11-9-10-12-15-20-27)25(5)31(24(29)4)28-21-16-13-17-22-28/h7-9,11,13,16-19,21-22H,6,10,14,20H2,1-5H3/b11-9-,18-8-,26-7+,27-19+. The van der Waals surface area contributed by atoms with E-state index in [4.69, 9.17) is 0 Å². The molecule has 3 rings (SSSR count). The fraction of sp³-hybridized carbons (Fsp3) is 0.290. The van der Waals surface area contributed by atoms with Gasteiger partial charge in [-0.15, -0.1) is 0 Å². The Morgan fingerprint density at radius 1 is 0.935 bits per heavy atom. The molecule has 0 heteroatoms. The van der Waals surface area contributed by atoms with Gasteiger partial charge in [0.1, 0.15) is 0 Å². The average Bonchev–Trinajstić information content (AvgIpc) is 2.91. The van der Waals surface area contributed by atoms with E-state index in [1.807, 2.05) is 0 Å². The van der Waals surface area contributed by atoms with Crippen LogP contribution in [0.15, 0.2) is 66.8 Å². The van der Waals surface area contributed by atoms with Gasteiger partial charge in [-0.05, 0) is 90.6 Å². The van der Waals surface area contributed by atoms with Crippen molar-refractivity contribution in [2.45, 2.75) is 60.3 Å². The number of rotatable bonds is 5. The third-order valence-electron chi connectivity index (χ3n) is 6.06. The van der Waals surface area contributed by atoms with Crippen molar-refractivity contribution in [2.75, 3.05) is 0 Å². The lowest BCUT2D eigenvalue weighted by molar-refractivity contribution is 1.22. The number of hydrogen-bond acceptors (Lipinski definition) is 0. The summed E-state index contributed by atoms with van der Waals surface area (Å²) in [5.41, 5.74) is 12.1. The first-order valence-electron chi connectivity index (χ1n) is 11.4. The van der Waals surface area contributed by atoms with Crippen molar-refractivity contribution in [3.05, 3.63) is 94.6 Å². The van der Waals surface area contributed by atoms with Crippen LogP contribution in [-0.2, 0) is 0 Å². The van der Waals surface area contributed by atoms with E-state index < -0.39 is 0 Å². The molecule has 0 amide bonds. The molecular weight excluding hydrogens is 372 g/mol. The highest BCUT2D eigenvalue weighted by Crippen LogP contribution is 2.41. The second kappa shape index (κ2) is 10.8. The summed E-state index contributed by atoms with van der Waals surface area (Å²) in [7, 11) is 0. The molecule has 31 heavy (non-hydrogen) atoms. The van der Waals surface area contributed by atoms with E-state index in [9.17, 15) is 0 Å². The van der Waals surface area contributed by atoms with Crippen molar-refractivity contribution in [3.63, 3.8) is 0 Å². The Hall–Kier alpha value is -3.04. The maximum Gasteiger partial charge on any atom is 0.0343 e. The van der Waals surface area contributed by atoms with Gasteiger partial charge in [0.15, 0.2) is 0 Å². The summed E-state index contributed by atoms with van der Waals surface area (Å²) in [4.78, 5) is 0. The fourth-order valence-electron chi connectivity index (χ4n) is 4.68. The Morgan fingerprint density at radius 2 is 1.68 bits per heavy atom. The molecule has 0 nitrogen and oxygen atoms in total. The fourth-order valence-corrected chi connectivity index (χ4v) is 4.68. The average molecular weight is 407 g/mol. The minimum Gasteiger partial charge on any atom is -0.0988 e. The topological polar surface area (TPSA) is 0 Å². The number of allylic oxidation sites excluding steroid dienone is 8. The monoisotopic (exact) mass is 406 g/mol. The van der Waals surface area contributed by atoms with Crippen LogP contribution in [0.5, 0.6) is 0 Å². The molecule has 2 aromatic carbocycles. The highest BCUT2D eigenvalue weighted by Gasteiger charge is 2.21. The Morgan fingerprint density at radius 3 is 2.39 bits per heavy atom. The summed E-state index contributed by atoms with van der Waals surface area (Å²) in [5, 5.41) is 0. The molecule has 0 N–H and O–H groups in total. The van der Waals surface area contributed by atoms with E-state index in [1.54, 1.807) is 0 Å². The molecule has 0 unspecified atom stereocenters. The van der Waals surface area contributed by atoms with Crippen LogP contribution < -0.4 is 0 Å². The van der Waals surface area contributed by atoms with Gasteiger partial charge in [0.2, 0.25) is 0 Å². The van der Waals surface area contributed by atoms with Crippen LogP contribution in [0.1, 0.15) is 67.3 Å². The van der Waals surface area contributed by atoms with E-state index in [0.29, 0.717) is 0 Å². The molecule has 0 saturated heterocycles. The Balaban J connectivity index is 2.37. The third-order valence-corrected chi connectivity index (χ3v) is 6.06. The first-order valence-corrected chi connectivity index (χ1v) is 11.4. The molecule has 158 valence electrons. The zero-order valence-corrected chi connectivity index (χ0v) is 19.7. The highest BCUT2D eigenvalue weighted by atomic mass is 14.2. The molecule has 0 saturated carbocycles. The molecule has 0 radical (unpaired) electrons. The van der Waals surface area contributed by atoms with Crippen molar-refractivity contribution in [2.24, 2.45) is 0 Å². The van der Waals surface area contributed by atoms with Crippen molar-refractivity contribution in [1.29, 1.82) is 0 Å². The molecule has 0 aromatic heterocycles. The minimum atomic E-state index is 0.802. The molecule has 0 bridgehead atoms. The molecule has 0 heterocycles. The van der Waals surface area contributed by atoms with Gasteiger partial charge < -0.3 is 0 Å². The molecule has 0 aliphatic heterocycles. The van der Waals surface area contributed by atoms with E-state index in [-0.39, 0.29) is 0 Å². The van der Waals surface area contributed by atoms with Crippen molar-refractivity contribution >= 4 is 11.1 Å². The van der Waals surface area contributed by atoms with Gasteiger partial charge in [-0.25, -0.2) is 0 Å². The van der Waals surface area contributed by atoms with Gasteiger partial charge in [-0.3, -0.25) is 0 Å². The number of benzene rings is 2.